The first-order valence-corrected chi connectivity index (χ1v) is 8.34. The van der Waals surface area contributed by atoms with Gasteiger partial charge in [0.05, 0.1) is 0 Å². The summed E-state index contributed by atoms with van der Waals surface area (Å²) >= 11 is 0. The molecule has 5 nitrogen and oxygen atoms in total. The molecule has 0 aromatic heterocycles. The zero-order chi connectivity index (χ0) is 16.8. The summed E-state index contributed by atoms with van der Waals surface area (Å²) in [6, 6.07) is 5.35. The summed E-state index contributed by atoms with van der Waals surface area (Å²) in [5.74, 6) is 0.778. The first kappa shape index (κ1) is 17.5. The van der Waals surface area contributed by atoms with Crippen LogP contribution in [0.2, 0.25) is 0 Å². The fourth-order valence-corrected chi connectivity index (χ4v) is 3.07. The van der Waals surface area contributed by atoms with Crippen LogP contribution in [0.1, 0.15) is 42.1 Å². The highest BCUT2D eigenvalue weighted by Crippen LogP contribution is 2.24. The van der Waals surface area contributed by atoms with Crippen molar-refractivity contribution >= 4 is 17.5 Å². The molecule has 2 amide bonds. The summed E-state index contributed by atoms with van der Waals surface area (Å²) in [6.45, 7) is 6.16. The molecule has 2 unspecified atom stereocenters. The third-order valence-corrected chi connectivity index (χ3v) is 4.65. The quantitative estimate of drug-likeness (QED) is 0.780. The minimum atomic E-state index is -0.151. The van der Waals surface area contributed by atoms with Gasteiger partial charge in [0.15, 0.2) is 0 Å². The third-order valence-electron chi connectivity index (χ3n) is 4.65. The van der Waals surface area contributed by atoms with Gasteiger partial charge in [-0.25, -0.2) is 0 Å². The van der Waals surface area contributed by atoms with Gasteiger partial charge in [-0.1, -0.05) is 13.0 Å². The Labute approximate surface area is 138 Å². The Morgan fingerprint density at radius 1 is 1.39 bits per heavy atom. The monoisotopic (exact) mass is 317 g/mol. The van der Waals surface area contributed by atoms with E-state index in [-0.39, 0.29) is 11.8 Å². The molecule has 1 saturated heterocycles. The maximum atomic E-state index is 12.3. The van der Waals surface area contributed by atoms with Crippen molar-refractivity contribution in [3.63, 3.8) is 0 Å². The van der Waals surface area contributed by atoms with Gasteiger partial charge in [0.2, 0.25) is 5.91 Å². The first-order chi connectivity index (χ1) is 11.0. The first-order valence-electron chi connectivity index (χ1n) is 8.34. The number of benzene rings is 1. The number of hydrogen-bond donors (Lipinski definition) is 3. The number of carbonyl (C=O) groups is 2. The Hall–Kier alpha value is -1.88. The van der Waals surface area contributed by atoms with Crippen molar-refractivity contribution in [3.8, 4) is 0 Å². The largest absolute Gasteiger partial charge is 0.355 e. The van der Waals surface area contributed by atoms with E-state index in [1.807, 2.05) is 13.0 Å². The van der Waals surface area contributed by atoms with Crippen LogP contribution in [0.25, 0.3) is 0 Å². The molecule has 0 aliphatic carbocycles. The predicted molar refractivity (Wildman–Crippen MR) is 92.6 cm³/mol. The van der Waals surface area contributed by atoms with E-state index in [0.717, 1.165) is 18.7 Å². The molecule has 2 rings (SSSR count). The van der Waals surface area contributed by atoms with Crippen molar-refractivity contribution in [2.45, 2.75) is 33.1 Å². The van der Waals surface area contributed by atoms with Gasteiger partial charge in [0.1, 0.15) is 0 Å². The highest BCUT2D eigenvalue weighted by Gasteiger charge is 2.22. The maximum absolute atomic E-state index is 12.3. The van der Waals surface area contributed by atoms with Crippen LogP contribution in [0.3, 0.4) is 0 Å². The second-order valence-corrected chi connectivity index (χ2v) is 6.44. The summed E-state index contributed by atoms with van der Waals surface area (Å²) in [5.41, 5.74) is 2.22. The van der Waals surface area contributed by atoms with Crippen LogP contribution in [0, 0.1) is 18.8 Å². The third kappa shape index (κ3) is 4.79. The molecule has 126 valence electrons. The van der Waals surface area contributed by atoms with Gasteiger partial charge in [-0.05, 0) is 62.4 Å². The van der Waals surface area contributed by atoms with Crippen molar-refractivity contribution < 1.29 is 9.59 Å². The van der Waals surface area contributed by atoms with Crippen LogP contribution in [-0.2, 0) is 4.79 Å². The summed E-state index contributed by atoms with van der Waals surface area (Å²) < 4.78 is 0. The van der Waals surface area contributed by atoms with E-state index >= 15 is 0 Å². The SMILES string of the molecule is CNC(=O)c1ccc(C)c(NC(=O)CC(C)C2CCCNC2)c1. The Bertz CT molecular complexity index is 565. The molecule has 1 aliphatic heterocycles. The van der Waals surface area contributed by atoms with Crippen molar-refractivity contribution in [1.29, 1.82) is 0 Å². The van der Waals surface area contributed by atoms with E-state index in [2.05, 4.69) is 22.9 Å². The molecule has 1 aromatic carbocycles. The molecule has 0 radical (unpaired) electrons. The van der Waals surface area contributed by atoms with E-state index in [9.17, 15) is 9.59 Å². The smallest absolute Gasteiger partial charge is 0.251 e. The molecule has 0 bridgehead atoms. The van der Waals surface area contributed by atoms with Gasteiger partial charge in [0, 0.05) is 24.7 Å². The van der Waals surface area contributed by atoms with Gasteiger partial charge >= 0.3 is 0 Å². The normalized spacial score (nSPS) is 19.0. The van der Waals surface area contributed by atoms with E-state index in [4.69, 9.17) is 0 Å². The molecule has 23 heavy (non-hydrogen) atoms. The van der Waals surface area contributed by atoms with Crippen LogP contribution < -0.4 is 16.0 Å². The molecule has 0 saturated carbocycles. The average molecular weight is 317 g/mol. The van der Waals surface area contributed by atoms with E-state index in [1.165, 1.54) is 12.8 Å². The van der Waals surface area contributed by atoms with Crippen molar-refractivity contribution in [2.75, 3.05) is 25.5 Å². The molecule has 3 N–H and O–H groups in total. The molecule has 0 spiro atoms. The van der Waals surface area contributed by atoms with Gasteiger partial charge in [-0.15, -0.1) is 0 Å². The zero-order valence-corrected chi connectivity index (χ0v) is 14.2. The lowest BCUT2D eigenvalue weighted by Crippen LogP contribution is -2.34. The summed E-state index contributed by atoms with van der Waals surface area (Å²) in [4.78, 5) is 24.1. The summed E-state index contributed by atoms with van der Waals surface area (Å²) in [7, 11) is 1.60. The summed E-state index contributed by atoms with van der Waals surface area (Å²) in [6.07, 6.45) is 2.88. The molecule has 2 atom stereocenters. The number of piperidine rings is 1. The Morgan fingerprint density at radius 3 is 2.83 bits per heavy atom. The number of hydrogen-bond acceptors (Lipinski definition) is 3. The van der Waals surface area contributed by atoms with Crippen LogP contribution in [0.4, 0.5) is 5.69 Å². The van der Waals surface area contributed by atoms with Crippen molar-refractivity contribution in [2.24, 2.45) is 11.8 Å². The number of rotatable bonds is 5. The highest BCUT2D eigenvalue weighted by atomic mass is 16.2. The maximum Gasteiger partial charge on any atom is 0.251 e. The highest BCUT2D eigenvalue weighted by molar-refractivity contribution is 5.97. The van der Waals surface area contributed by atoms with Crippen LogP contribution >= 0.6 is 0 Å². The average Bonchev–Trinajstić information content (AvgIpc) is 2.56. The van der Waals surface area contributed by atoms with Crippen LogP contribution in [0.15, 0.2) is 18.2 Å². The van der Waals surface area contributed by atoms with E-state index < -0.39 is 0 Å². The van der Waals surface area contributed by atoms with Gasteiger partial charge in [-0.3, -0.25) is 9.59 Å². The molecule has 1 aromatic rings. The standard InChI is InChI=1S/C18H27N3O2/c1-12-6-7-14(18(23)19-3)10-16(12)21-17(22)9-13(2)15-5-4-8-20-11-15/h6-7,10,13,15,20H,4-5,8-9,11H2,1-3H3,(H,19,23)(H,21,22). The topological polar surface area (TPSA) is 70.2 Å². The number of amides is 2. The number of aryl methyl sites for hydroxylation is 1. The molecule has 1 heterocycles. The van der Waals surface area contributed by atoms with Gasteiger partial charge < -0.3 is 16.0 Å². The van der Waals surface area contributed by atoms with Gasteiger partial charge in [0.25, 0.3) is 5.91 Å². The van der Waals surface area contributed by atoms with Crippen molar-refractivity contribution in [1.82, 2.24) is 10.6 Å². The minimum absolute atomic E-state index is 0.0141. The molecular formula is C18H27N3O2. The lowest BCUT2D eigenvalue weighted by atomic mass is 9.85. The lowest BCUT2D eigenvalue weighted by molar-refractivity contribution is -0.117. The molecular weight excluding hydrogens is 290 g/mol. The summed E-state index contributed by atoms with van der Waals surface area (Å²) in [5, 5.41) is 8.96. The fourth-order valence-electron chi connectivity index (χ4n) is 3.07. The number of carbonyl (C=O) groups excluding carboxylic acids is 2. The molecule has 1 fully saturated rings. The number of anilines is 1. The zero-order valence-electron chi connectivity index (χ0n) is 14.2. The second kappa shape index (κ2) is 8.11. The van der Waals surface area contributed by atoms with E-state index in [0.29, 0.717) is 29.5 Å². The van der Waals surface area contributed by atoms with Gasteiger partial charge in [-0.2, -0.15) is 0 Å². The second-order valence-electron chi connectivity index (χ2n) is 6.44. The van der Waals surface area contributed by atoms with Crippen LogP contribution in [-0.4, -0.2) is 32.0 Å². The van der Waals surface area contributed by atoms with E-state index in [1.54, 1.807) is 19.2 Å². The number of nitrogens with one attached hydrogen (secondary N) is 3. The Kier molecular flexibility index (Phi) is 6.16. The Balaban J connectivity index is 1.97. The molecule has 5 heteroatoms. The minimum Gasteiger partial charge on any atom is -0.355 e. The van der Waals surface area contributed by atoms with Crippen molar-refractivity contribution in [3.05, 3.63) is 29.3 Å². The van der Waals surface area contributed by atoms with Crippen LogP contribution in [0.5, 0.6) is 0 Å². The molecule has 1 aliphatic rings. The fraction of sp³-hybridized carbons (Fsp3) is 0.556. The predicted octanol–water partition coefficient (Wildman–Crippen LogP) is 2.32. The Morgan fingerprint density at radius 2 is 2.17 bits per heavy atom. The lowest BCUT2D eigenvalue weighted by Gasteiger charge is -2.28.